The topological polar surface area (TPSA) is 29.1 Å². The molecular formula is C12H15NO. The van der Waals surface area contributed by atoms with E-state index in [1.807, 2.05) is 24.3 Å². The maximum absolute atomic E-state index is 12.0. The Morgan fingerprint density at radius 2 is 2.07 bits per heavy atom. The lowest BCUT2D eigenvalue weighted by molar-refractivity contribution is 0.0902. The Bertz CT molecular complexity index is 357. The number of fused-ring (bicyclic) bond motifs is 1. The SMILES string of the molecule is CC(C)[C@@H]1NCc2ccccc2C1=O. The van der Waals surface area contributed by atoms with Gasteiger partial charge in [-0.3, -0.25) is 4.79 Å². The second kappa shape index (κ2) is 3.54. The lowest BCUT2D eigenvalue weighted by Crippen LogP contribution is -2.44. The Hall–Kier alpha value is -1.15. The third-order valence-corrected chi connectivity index (χ3v) is 2.74. The van der Waals surface area contributed by atoms with Crippen molar-refractivity contribution in [2.45, 2.75) is 26.4 Å². The van der Waals surface area contributed by atoms with Crippen molar-refractivity contribution in [3.63, 3.8) is 0 Å². The smallest absolute Gasteiger partial charge is 0.180 e. The van der Waals surface area contributed by atoms with Crippen molar-refractivity contribution in [1.29, 1.82) is 0 Å². The first-order chi connectivity index (χ1) is 6.70. The monoisotopic (exact) mass is 189 g/mol. The zero-order valence-corrected chi connectivity index (χ0v) is 8.58. The zero-order valence-electron chi connectivity index (χ0n) is 8.58. The Labute approximate surface area is 84.3 Å². The predicted molar refractivity (Wildman–Crippen MR) is 56.2 cm³/mol. The molecule has 1 aromatic carbocycles. The summed E-state index contributed by atoms with van der Waals surface area (Å²) < 4.78 is 0. The van der Waals surface area contributed by atoms with Gasteiger partial charge in [0.1, 0.15) is 0 Å². The molecule has 0 aromatic heterocycles. The molecule has 0 bridgehead atoms. The largest absolute Gasteiger partial charge is 0.303 e. The number of nitrogens with one attached hydrogen (secondary N) is 1. The molecular weight excluding hydrogens is 174 g/mol. The van der Waals surface area contributed by atoms with E-state index in [1.54, 1.807) is 0 Å². The van der Waals surface area contributed by atoms with E-state index in [4.69, 9.17) is 0 Å². The molecule has 0 saturated carbocycles. The Morgan fingerprint density at radius 3 is 2.79 bits per heavy atom. The van der Waals surface area contributed by atoms with Gasteiger partial charge in [-0.15, -0.1) is 0 Å². The fourth-order valence-electron chi connectivity index (χ4n) is 1.93. The molecule has 2 nitrogen and oxygen atoms in total. The average Bonchev–Trinajstić information content (AvgIpc) is 2.18. The molecule has 0 saturated heterocycles. The van der Waals surface area contributed by atoms with Gasteiger partial charge in [-0.05, 0) is 11.5 Å². The van der Waals surface area contributed by atoms with Gasteiger partial charge in [0, 0.05) is 12.1 Å². The van der Waals surface area contributed by atoms with Crippen LogP contribution in [0.2, 0.25) is 0 Å². The van der Waals surface area contributed by atoms with Gasteiger partial charge in [-0.1, -0.05) is 38.1 Å². The second-order valence-corrected chi connectivity index (χ2v) is 4.12. The molecule has 1 heterocycles. The summed E-state index contributed by atoms with van der Waals surface area (Å²) in [5, 5.41) is 3.27. The first-order valence-electron chi connectivity index (χ1n) is 5.05. The summed E-state index contributed by atoms with van der Waals surface area (Å²) in [6.45, 7) is 4.96. The molecule has 1 N–H and O–H groups in total. The standard InChI is InChI=1S/C12H15NO/c1-8(2)11-12(14)10-6-4-3-5-9(10)7-13-11/h3-6,8,11,13H,7H2,1-2H3/t11-/m0/s1. The van der Waals surface area contributed by atoms with Crippen LogP contribution in [0.1, 0.15) is 29.8 Å². The van der Waals surface area contributed by atoms with E-state index in [2.05, 4.69) is 19.2 Å². The van der Waals surface area contributed by atoms with E-state index in [0.717, 1.165) is 17.7 Å². The molecule has 0 aliphatic carbocycles. The van der Waals surface area contributed by atoms with Crippen molar-refractivity contribution in [2.24, 2.45) is 5.92 Å². The zero-order chi connectivity index (χ0) is 10.1. The molecule has 0 spiro atoms. The fourth-order valence-corrected chi connectivity index (χ4v) is 1.93. The summed E-state index contributed by atoms with van der Waals surface area (Å²) in [6, 6.07) is 7.83. The third kappa shape index (κ3) is 1.46. The summed E-state index contributed by atoms with van der Waals surface area (Å²) in [7, 11) is 0. The van der Waals surface area contributed by atoms with Gasteiger partial charge in [0.25, 0.3) is 0 Å². The Morgan fingerprint density at radius 1 is 1.36 bits per heavy atom. The first kappa shape index (κ1) is 9.41. The fraction of sp³-hybridized carbons (Fsp3) is 0.417. The lowest BCUT2D eigenvalue weighted by atomic mass is 9.89. The van der Waals surface area contributed by atoms with Crippen molar-refractivity contribution >= 4 is 5.78 Å². The minimum absolute atomic E-state index is 0.00935. The Balaban J connectivity index is 2.37. The van der Waals surface area contributed by atoms with E-state index >= 15 is 0 Å². The van der Waals surface area contributed by atoms with E-state index < -0.39 is 0 Å². The maximum Gasteiger partial charge on any atom is 0.180 e. The summed E-state index contributed by atoms with van der Waals surface area (Å²) in [4.78, 5) is 12.0. The molecule has 1 aromatic rings. The number of carbonyl (C=O) groups excluding carboxylic acids is 1. The number of hydrogen-bond acceptors (Lipinski definition) is 2. The Kier molecular flexibility index (Phi) is 2.38. The van der Waals surface area contributed by atoms with Crippen molar-refractivity contribution in [1.82, 2.24) is 5.32 Å². The maximum atomic E-state index is 12.0. The second-order valence-electron chi connectivity index (χ2n) is 4.12. The molecule has 1 aliphatic heterocycles. The lowest BCUT2D eigenvalue weighted by Gasteiger charge is -2.27. The normalized spacial score (nSPS) is 21.1. The van der Waals surface area contributed by atoms with Crippen LogP contribution in [0, 0.1) is 5.92 Å². The van der Waals surface area contributed by atoms with Crippen LogP contribution in [0.25, 0.3) is 0 Å². The summed E-state index contributed by atoms with van der Waals surface area (Å²) in [5.74, 6) is 0.595. The van der Waals surface area contributed by atoms with Gasteiger partial charge < -0.3 is 5.32 Å². The van der Waals surface area contributed by atoms with Crippen molar-refractivity contribution in [2.75, 3.05) is 0 Å². The summed E-state index contributed by atoms with van der Waals surface area (Å²) in [6.07, 6.45) is 0. The average molecular weight is 189 g/mol. The van der Waals surface area contributed by atoms with Gasteiger partial charge in [-0.25, -0.2) is 0 Å². The van der Waals surface area contributed by atoms with Gasteiger partial charge in [-0.2, -0.15) is 0 Å². The van der Waals surface area contributed by atoms with Crippen LogP contribution in [0.3, 0.4) is 0 Å². The van der Waals surface area contributed by atoms with Crippen LogP contribution < -0.4 is 5.32 Å². The van der Waals surface area contributed by atoms with Crippen LogP contribution in [0.4, 0.5) is 0 Å². The number of Topliss-reactive ketones (excluding diaryl/α,β-unsaturated/α-hetero) is 1. The highest BCUT2D eigenvalue weighted by Gasteiger charge is 2.28. The van der Waals surface area contributed by atoms with Gasteiger partial charge in [0.15, 0.2) is 5.78 Å². The molecule has 2 rings (SSSR count). The number of carbonyl (C=O) groups is 1. The number of hydrogen-bond donors (Lipinski definition) is 1. The van der Waals surface area contributed by atoms with Gasteiger partial charge in [0.05, 0.1) is 6.04 Å². The molecule has 1 atom stereocenters. The van der Waals surface area contributed by atoms with Crippen molar-refractivity contribution in [3.8, 4) is 0 Å². The molecule has 14 heavy (non-hydrogen) atoms. The molecule has 0 amide bonds. The number of rotatable bonds is 1. The van der Waals surface area contributed by atoms with Crippen molar-refractivity contribution in [3.05, 3.63) is 35.4 Å². The van der Waals surface area contributed by atoms with E-state index in [-0.39, 0.29) is 11.8 Å². The summed E-state index contributed by atoms with van der Waals surface area (Å²) >= 11 is 0. The van der Waals surface area contributed by atoms with E-state index in [9.17, 15) is 4.79 Å². The van der Waals surface area contributed by atoms with Crippen LogP contribution in [-0.4, -0.2) is 11.8 Å². The minimum atomic E-state index is -0.00935. The van der Waals surface area contributed by atoms with Crippen molar-refractivity contribution < 1.29 is 4.79 Å². The van der Waals surface area contributed by atoms with Gasteiger partial charge in [0.2, 0.25) is 0 Å². The minimum Gasteiger partial charge on any atom is -0.303 e. The van der Waals surface area contributed by atoms with Crippen LogP contribution in [-0.2, 0) is 6.54 Å². The molecule has 1 aliphatic rings. The highest BCUT2D eigenvalue weighted by Crippen LogP contribution is 2.19. The highest BCUT2D eigenvalue weighted by molar-refractivity contribution is 6.02. The summed E-state index contributed by atoms with van der Waals surface area (Å²) in [5.41, 5.74) is 2.01. The quantitative estimate of drug-likeness (QED) is 0.732. The van der Waals surface area contributed by atoms with Gasteiger partial charge >= 0.3 is 0 Å². The van der Waals surface area contributed by atoms with Crippen LogP contribution in [0.5, 0.6) is 0 Å². The highest BCUT2D eigenvalue weighted by atomic mass is 16.1. The molecule has 0 radical (unpaired) electrons. The third-order valence-electron chi connectivity index (χ3n) is 2.74. The molecule has 74 valence electrons. The molecule has 0 fully saturated rings. The molecule has 0 unspecified atom stereocenters. The predicted octanol–water partition coefficient (Wildman–Crippen LogP) is 2.00. The van der Waals surface area contributed by atoms with Crippen LogP contribution in [0.15, 0.2) is 24.3 Å². The number of ketones is 1. The molecule has 2 heteroatoms. The van der Waals surface area contributed by atoms with Crippen LogP contribution >= 0.6 is 0 Å². The van der Waals surface area contributed by atoms with E-state index in [1.165, 1.54) is 0 Å². The van der Waals surface area contributed by atoms with E-state index in [0.29, 0.717) is 5.92 Å². The number of benzene rings is 1. The first-order valence-corrected chi connectivity index (χ1v) is 5.05.